The van der Waals surface area contributed by atoms with Crippen LogP contribution in [-0.2, 0) is 0 Å². The van der Waals surface area contributed by atoms with Crippen LogP contribution in [0.25, 0.3) is 97.4 Å². The molecule has 0 atom stereocenters. The van der Waals surface area contributed by atoms with Crippen LogP contribution in [0.5, 0.6) is 11.5 Å². The molecular formula is C48H27BN2O2S. The highest BCUT2D eigenvalue weighted by molar-refractivity contribution is 7.27. The van der Waals surface area contributed by atoms with Gasteiger partial charge in [0.25, 0.3) is 0 Å². The molecule has 54 heavy (non-hydrogen) atoms. The summed E-state index contributed by atoms with van der Waals surface area (Å²) in [5, 5.41) is 7.69. The van der Waals surface area contributed by atoms with Gasteiger partial charge in [-0.05, 0) is 65.7 Å². The van der Waals surface area contributed by atoms with Crippen molar-refractivity contribution in [2.24, 2.45) is 0 Å². The molecule has 0 N–H and O–H groups in total. The second-order valence-electron chi connectivity index (χ2n) is 14.3. The van der Waals surface area contributed by atoms with Gasteiger partial charge >= 0.3 is 7.12 Å². The Labute approximate surface area is 313 Å². The molecule has 3 aromatic heterocycles. The van der Waals surface area contributed by atoms with Crippen molar-refractivity contribution in [2.75, 3.05) is 0 Å². The molecule has 6 heteroatoms. The quantitative estimate of drug-likeness (QED) is 0.167. The highest BCUT2D eigenvalue weighted by Crippen LogP contribution is 2.52. The number of hydrogen-bond donors (Lipinski definition) is 0. The van der Waals surface area contributed by atoms with Gasteiger partial charge < -0.3 is 18.4 Å². The number of fused-ring (bicyclic) bond motifs is 16. The van der Waals surface area contributed by atoms with E-state index < -0.39 is 7.12 Å². The van der Waals surface area contributed by atoms with Gasteiger partial charge in [0, 0.05) is 69.7 Å². The van der Waals surface area contributed by atoms with Gasteiger partial charge in [0.2, 0.25) is 0 Å². The molecule has 2 aliphatic heterocycles. The average Bonchev–Trinajstić information content (AvgIpc) is 3.89. The number of aromatic nitrogens is 2. The summed E-state index contributed by atoms with van der Waals surface area (Å²) in [5.74, 6) is 1.66. The second-order valence-corrected chi connectivity index (χ2v) is 15.4. The Balaban J connectivity index is 1.30. The minimum Gasteiger partial charge on any atom is -0.521 e. The van der Waals surface area contributed by atoms with Crippen molar-refractivity contribution in [2.45, 2.75) is 0 Å². The summed E-state index contributed by atoms with van der Waals surface area (Å²) in [7, 11) is -0.530. The van der Waals surface area contributed by atoms with Crippen molar-refractivity contribution in [1.29, 1.82) is 0 Å². The summed E-state index contributed by atoms with van der Waals surface area (Å²) in [6, 6.07) is 59.1. The molecule has 11 aromatic rings. The fraction of sp³-hybridized carbons (Fsp3) is 0. The summed E-state index contributed by atoms with van der Waals surface area (Å²) in [4.78, 5) is 0. The van der Waals surface area contributed by atoms with Gasteiger partial charge in [-0.2, -0.15) is 0 Å². The lowest BCUT2D eigenvalue weighted by molar-refractivity contribution is 0.436. The topological polar surface area (TPSA) is 28.3 Å². The highest BCUT2D eigenvalue weighted by Gasteiger charge is 2.42. The van der Waals surface area contributed by atoms with E-state index in [2.05, 4.69) is 161 Å². The Morgan fingerprint density at radius 2 is 0.944 bits per heavy atom. The van der Waals surface area contributed by atoms with Crippen molar-refractivity contribution < 1.29 is 9.31 Å². The first-order valence-electron chi connectivity index (χ1n) is 18.4. The third-order valence-electron chi connectivity index (χ3n) is 11.5. The molecule has 2 aliphatic rings. The van der Waals surface area contributed by atoms with E-state index in [4.69, 9.17) is 9.31 Å². The summed E-state index contributed by atoms with van der Waals surface area (Å²) in [5.41, 5.74) is 12.5. The van der Waals surface area contributed by atoms with E-state index in [-0.39, 0.29) is 0 Å². The Kier molecular flexibility index (Phi) is 5.56. The third kappa shape index (κ3) is 3.63. The first-order chi connectivity index (χ1) is 26.8. The molecule has 0 saturated heterocycles. The Hall–Kier alpha value is -6.76. The molecule has 13 rings (SSSR count). The maximum atomic E-state index is 6.57. The number of para-hydroxylation sites is 5. The van der Waals surface area contributed by atoms with E-state index in [1.165, 1.54) is 63.8 Å². The monoisotopic (exact) mass is 706 g/mol. The minimum atomic E-state index is -0.530. The standard InChI is InChI=1S/C48H27BN2O2S/c1-2-14-28(15-3-1)50-37-21-9-4-18-32(37)42-43-34-20-8-13-25-41(34)54-48(43)44-33-19-5-10-22-38(33)51(47(44)46(42)50)29-26-35-30-16-6-11-23-39(30)52-49-45(35)36(27-29)31-17-7-12-24-40(31)53-49/h1-27H. The van der Waals surface area contributed by atoms with Crippen molar-refractivity contribution in [3.8, 4) is 45.1 Å². The largest absolute Gasteiger partial charge is 0.633 e. The van der Waals surface area contributed by atoms with E-state index in [1.54, 1.807) is 0 Å². The second kappa shape index (κ2) is 10.4. The zero-order valence-corrected chi connectivity index (χ0v) is 29.6. The molecular weight excluding hydrogens is 679 g/mol. The van der Waals surface area contributed by atoms with E-state index in [1.807, 2.05) is 23.5 Å². The lowest BCUT2D eigenvalue weighted by atomic mass is 9.66. The molecule has 4 nitrogen and oxygen atoms in total. The fourth-order valence-electron chi connectivity index (χ4n) is 9.42. The summed E-state index contributed by atoms with van der Waals surface area (Å²) < 4.78 is 20.8. The molecule has 0 amide bonds. The van der Waals surface area contributed by atoms with Crippen molar-refractivity contribution in [3.05, 3.63) is 164 Å². The Morgan fingerprint density at radius 3 is 1.63 bits per heavy atom. The number of benzene rings is 8. The van der Waals surface area contributed by atoms with Crippen LogP contribution in [0.15, 0.2) is 164 Å². The van der Waals surface area contributed by atoms with Crippen LogP contribution >= 0.6 is 11.3 Å². The zero-order valence-electron chi connectivity index (χ0n) is 28.8. The first kappa shape index (κ1) is 28.8. The third-order valence-corrected chi connectivity index (χ3v) is 12.7. The number of rotatable bonds is 2. The van der Waals surface area contributed by atoms with Crippen LogP contribution in [0, 0.1) is 0 Å². The molecule has 8 aromatic carbocycles. The van der Waals surface area contributed by atoms with Gasteiger partial charge in [-0.25, -0.2) is 0 Å². The maximum absolute atomic E-state index is 6.57. The predicted molar refractivity (Wildman–Crippen MR) is 226 cm³/mol. The van der Waals surface area contributed by atoms with Crippen LogP contribution in [0.2, 0.25) is 0 Å². The van der Waals surface area contributed by atoms with Gasteiger partial charge in [0.05, 0.1) is 22.1 Å². The van der Waals surface area contributed by atoms with E-state index in [9.17, 15) is 0 Å². The fourth-order valence-corrected chi connectivity index (χ4v) is 10.7. The molecule has 250 valence electrons. The number of hydrogen-bond acceptors (Lipinski definition) is 3. The number of nitrogens with zero attached hydrogens (tertiary/aromatic N) is 2. The predicted octanol–water partition coefficient (Wildman–Crippen LogP) is 12.1. The van der Waals surface area contributed by atoms with Crippen LogP contribution in [0.3, 0.4) is 0 Å². The molecule has 0 fully saturated rings. The van der Waals surface area contributed by atoms with Crippen molar-refractivity contribution >= 4 is 87.7 Å². The Bertz CT molecular complexity index is 3340. The molecule has 0 unspecified atom stereocenters. The molecule has 0 radical (unpaired) electrons. The van der Waals surface area contributed by atoms with Crippen LogP contribution in [0.1, 0.15) is 0 Å². The molecule has 0 saturated carbocycles. The van der Waals surface area contributed by atoms with E-state index >= 15 is 0 Å². The smallest absolute Gasteiger partial charge is 0.521 e. The van der Waals surface area contributed by atoms with Crippen molar-refractivity contribution in [1.82, 2.24) is 9.13 Å². The summed E-state index contributed by atoms with van der Waals surface area (Å²) in [6.45, 7) is 0. The van der Waals surface area contributed by atoms with E-state index in [0.717, 1.165) is 50.6 Å². The van der Waals surface area contributed by atoms with Crippen molar-refractivity contribution in [3.63, 3.8) is 0 Å². The van der Waals surface area contributed by atoms with Gasteiger partial charge in [0.15, 0.2) is 0 Å². The zero-order chi connectivity index (χ0) is 35.1. The maximum Gasteiger partial charge on any atom is 0.633 e. The summed E-state index contributed by atoms with van der Waals surface area (Å²) in [6.07, 6.45) is 0. The van der Waals surface area contributed by atoms with Gasteiger partial charge in [-0.1, -0.05) is 109 Å². The average molecular weight is 707 g/mol. The number of thiophene rings is 1. The van der Waals surface area contributed by atoms with E-state index in [0.29, 0.717) is 0 Å². The SMILES string of the molecule is c1ccc(-n2c3ccccc3c3c4c5ccccc5sc4c4c5ccccc5n(-c5cc6c7c(c5)-c5ccccc5OB7Oc5ccccc5-6)c4c32)cc1. The van der Waals surface area contributed by atoms with Crippen LogP contribution in [-0.4, -0.2) is 16.3 Å². The van der Waals surface area contributed by atoms with Gasteiger partial charge in [-0.3, -0.25) is 0 Å². The van der Waals surface area contributed by atoms with Gasteiger partial charge in [0.1, 0.15) is 11.5 Å². The lowest BCUT2D eigenvalue weighted by Crippen LogP contribution is -2.49. The molecule has 0 aliphatic carbocycles. The normalized spacial score (nSPS) is 13.1. The molecule has 0 spiro atoms. The lowest BCUT2D eigenvalue weighted by Gasteiger charge is -2.32. The summed E-state index contributed by atoms with van der Waals surface area (Å²) >= 11 is 1.91. The minimum absolute atomic E-state index is 0.530. The first-order valence-corrected chi connectivity index (χ1v) is 19.2. The molecule has 5 heterocycles. The van der Waals surface area contributed by atoms with Crippen LogP contribution in [0.4, 0.5) is 0 Å². The highest BCUT2D eigenvalue weighted by atomic mass is 32.1. The Morgan fingerprint density at radius 1 is 0.426 bits per heavy atom. The van der Waals surface area contributed by atoms with Crippen LogP contribution < -0.4 is 14.8 Å². The molecule has 0 bridgehead atoms. The van der Waals surface area contributed by atoms with Gasteiger partial charge in [-0.15, -0.1) is 11.3 Å².